The minimum Gasteiger partial charge on any atom is -0.487 e. The quantitative estimate of drug-likeness (QED) is 0.303. The zero-order valence-electron chi connectivity index (χ0n) is 16.0. The lowest BCUT2D eigenvalue weighted by Crippen LogP contribution is -2.15. The van der Waals surface area contributed by atoms with Crippen molar-refractivity contribution in [3.05, 3.63) is 74.0 Å². The van der Waals surface area contributed by atoms with Crippen molar-refractivity contribution in [3.63, 3.8) is 0 Å². The summed E-state index contributed by atoms with van der Waals surface area (Å²) in [6, 6.07) is 9.74. The van der Waals surface area contributed by atoms with Crippen LogP contribution >= 0.6 is 27.5 Å². The first-order valence-corrected chi connectivity index (χ1v) is 10.0. The minimum absolute atomic E-state index is 0.00272. The molecule has 0 aliphatic heterocycles. The molecule has 9 nitrogen and oxygen atoms in total. The van der Waals surface area contributed by atoms with Crippen molar-refractivity contribution < 1.29 is 28.0 Å². The molecular formula is C19H14BrClF2N4O5. The largest absolute Gasteiger partial charge is 0.487 e. The van der Waals surface area contributed by atoms with Crippen molar-refractivity contribution in [2.24, 2.45) is 0 Å². The monoisotopic (exact) mass is 530 g/mol. The van der Waals surface area contributed by atoms with Gasteiger partial charge in [0.05, 0.1) is 21.7 Å². The second-order valence-electron chi connectivity index (χ2n) is 6.22. The first-order valence-electron chi connectivity index (χ1n) is 8.84. The molecule has 0 saturated carbocycles. The summed E-state index contributed by atoms with van der Waals surface area (Å²) in [4.78, 5) is 22.8. The molecule has 0 bridgehead atoms. The van der Waals surface area contributed by atoms with Crippen molar-refractivity contribution in [3.8, 4) is 11.5 Å². The van der Waals surface area contributed by atoms with E-state index in [-0.39, 0.29) is 23.9 Å². The average Bonchev–Trinajstić information content (AvgIpc) is 3.20. The Kier molecular flexibility index (Phi) is 7.59. The van der Waals surface area contributed by atoms with Gasteiger partial charge in [-0.05, 0) is 24.3 Å². The Bertz CT molecular complexity index is 1140. The molecular weight excluding hydrogens is 518 g/mol. The highest BCUT2D eigenvalue weighted by molar-refractivity contribution is 9.10. The molecule has 3 aromatic rings. The van der Waals surface area contributed by atoms with Crippen LogP contribution in [0.1, 0.15) is 10.5 Å². The molecule has 0 unspecified atom stereocenters. The van der Waals surface area contributed by atoms with Gasteiger partial charge in [0.25, 0.3) is 18.0 Å². The van der Waals surface area contributed by atoms with Crippen molar-refractivity contribution in [2.75, 3.05) is 11.9 Å². The van der Waals surface area contributed by atoms with E-state index in [9.17, 15) is 23.7 Å². The SMILES string of the molecule is O=C(Nc1cc(OCC(F)F)cc([N+](=O)[O-])c1)c1ccn(COc2ccc(Br)cc2Cl)n1. The molecule has 0 atom stereocenters. The molecule has 0 fully saturated rings. The Morgan fingerprint density at radius 3 is 2.72 bits per heavy atom. The number of nitro benzene ring substituents is 1. The number of aromatic nitrogens is 2. The number of hydrogen-bond donors (Lipinski definition) is 1. The Balaban J connectivity index is 1.68. The molecule has 1 amide bonds. The number of halogens is 4. The summed E-state index contributed by atoms with van der Waals surface area (Å²) in [5.41, 5.74) is -0.449. The normalized spacial score (nSPS) is 10.8. The fourth-order valence-corrected chi connectivity index (χ4v) is 3.21. The zero-order valence-corrected chi connectivity index (χ0v) is 18.3. The van der Waals surface area contributed by atoms with Crippen LogP contribution in [0.5, 0.6) is 11.5 Å². The van der Waals surface area contributed by atoms with Crippen molar-refractivity contribution in [1.29, 1.82) is 0 Å². The molecule has 32 heavy (non-hydrogen) atoms. The first-order chi connectivity index (χ1) is 15.2. The molecule has 1 aromatic heterocycles. The molecule has 3 rings (SSSR count). The van der Waals surface area contributed by atoms with Crippen molar-refractivity contribution in [1.82, 2.24) is 9.78 Å². The van der Waals surface area contributed by atoms with E-state index < -0.39 is 29.6 Å². The maximum atomic E-state index is 12.5. The van der Waals surface area contributed by atoms with Crippen LogP contribution in [0.25, 0.3) is 0 Å². The van der Waals surface area contributed by atoms with Crippen molar-refractivity contribution >= 4 is 44.8 Å². The zero-order chi connectivity index (χ0) is 23.3. The number of rotatable bonds is 9. The first kappa shape index (κ1) is 23.4. The molecule has 13 heteroatoms. The van der Waals surface area contributed by atoms with Gasteiger partial charge in [-0.25, -0.2) is 13.5 Å². The van der Waals surface area contributed by atoms with E-state index in [1.165, 1.54) is 23.0 Å². The van der Waals surface area contributed by atoms with E-state index in [4.69, 9.17) is 21.1 Å². The summed E-state index contributed by atoms with van der Waals surface area (Å²) in [6.45, 7) is -0.974. The lowest BCUT2D eigenvalue weighted by Gasteiger charge is -2.09. The third-order valence-electron chi connectivity index (χ3n) is 3.86. The molecule has 2 aromatic carbocycles. The van der Waals surface area contributed by atoms with Crippen LogP contribution in [0.4, 0.5) is 20.2 Å². The van der Waals surface area contributed by atoms with Crippen LogP contribution in [-0.2, 0) is 6.73 Å². The Morgan fingerprint density at radius 1 is 1.25 bits per heavy atom. The highest BCUT2D eigenvalue weighted by atomic mass is 79.9. The number of alkyl halides is 2. The van der Waals surface area contributed by atoms with Crippen molar-refractivity contribution in [2.45, 2.75) is 13.2 Å². The van der Waals surface area contributed by atoms with Gasteiger partial charge in [0.2, 0.25) is 0 Å². The van der Waals surface area contributed by atoms with E-state index in [2.05, 4.69) is 26.3 Å². The lowest BCUT2D eigenvalue weighted by atomic mass is 10.2. The highest BCUT2D eigenvalue weighted by Gasteiger charge is 2.16. The summed E-state index contributed by atoms with van der Waals surface area (Å²) < 4.78 is 37.2. The summed E-state index contributed by atoms with van der Waals surface area (Å²) >= 11 is 9.37. The van der Waals surface area contributed by atoms with E-state index in [0.717, 1.165) is 16.6 Å². The number of nitrogens with zero attached hydrogens (tertiary/aromatic N) is 3. The fraction of sp³-hybridized carbons (Fsp3) is 0.158. The van der Waals surface area contributed by atoms with Crippen LogP contribution in [0.3, 0.4) is 0 Å². The van der Waals surface area contributed by atoms with Crippen LogP contribution < -0.4 is 14.8 Å². The third-order valence-corrected chi connectivity index (χ3v) is 4.64. The summed E-state index contributed by atoms with van der Waals surface area (Å²) in [7, 11) is 0. The van der Waals surface area contributed by atoms with Crippen LogP contribution in [0.15, 0.2) is 53.1 Å². The summed E-state index contributed by atoms with van der Waals surface area (Å²) in [5.74, 6) is -0.435. The Labute approximate surface area is 193 Å². The maximum Gasteiger partial charge on any atom is 0.276 e. The third kappa shape index (κ3) is 6.37. The van der Waals surface area contributed by atoms with E-state index in [0.29, 0.717) is 10.8 Å². The minimum atomic E-state index is -2.76. The second-order valence-corrected chi connectivity index (χ2v) is 7.54. The van der Waals surface area contributed by atoms with E-state index in [1.54, 1.807) is 18.2 Å². The fourth-order valence-electron chi connectivity index (χ4n) is 2.48. The van der Waals surface area contributed by atoms with Gasteiger partial charge in [-0.1, -0.05) is 27.5 Å². The number of amides is 1. The molecule has 0 spiro atoms. The number of carbonyl (C=O) groups excluding carboxylic acids is 1. The molecule has 1 heterocycles. The van der Waals surface area contributed by atoms with Gasteiger partial charge >= 0.3 is 0 Å². The van der Waals surface area contributed by atoms with Crippen LogP contribution in [-0.4, -0.2) is 33.6 Å². The molecule has 0 saturated heterocycles. The number of benzene rings is 2. The maximum absolute atomic E-state index is 12.5. The molecule has 1 N–H and O–H groups in total. The predicted octanol–water partition coefficient (Wildman–Crippen LogP) is 5.14. The van der Waals surface area contributed by atoms with Gasteiger partial charge in [0, 0.05) is 22.8 Å². The number of nitro groups is 1. The van der Waals surface area contributed by atoms with Gasteiger partial charge in [-0.15, -0.1) is 0 Å². The van der Waals surface area contributed by atoms with Gasteiger partial charge in [0.15, 0.2) is 12.4 Å². The van der Waals surface area contributed by atoms with Gasteiger partial charge in [0.1, 0.15) is 18.1 Å². The topological polar surface area (TPSA) is 109 Å². The number of hydrogen-bond acceptors (Lipinski definition) is 6. The lowest BCUT2D eigenvalue weighted by molar-refractivity contribution is -0.384. The van der Waals surface area contributed by atoms with Gasteiger partial charge in [-0.3, -0.25) is 14.9 Å². The second kappa shape index (κ2) is 10.4. The number of anilines is 1. The van der Waals surface area contributed by atoms with E-state index >= 15 is 0 Å². The highest BCUT2D eigenvalue weighted by Crippen LogP contribution is 2.28. The predicted molar refractivity (Wildman–Crippen MR) is 115 cm³/mol. The average molecular weight is 532 g/mol. The number of non-ortho nitro benzene ring substituents is 1. The van der Waals surface area contributed by atoms with Gasteiger partial charge in [-0.2, -0.15) is 5.10 Å². The Hall–Kier alpha value is -3.25. The summed E-state index contributed by atoms with van der Waals surface area (Å²) in [5, 5.41) is 18.0. The number of ether oxygens (including phenoxy) is 2. The smallest absolute Gasteiger partial charge is 0.276 e. The van der Waals surface area contributed by atoms with Gasteiger partial charge < -0.3 is 14.8 Å². The van der Waals surface area contributed by atoms with Crippen LogP contribution in [0, 0.1) is 10.1 Å². The molecule has 0 radical (unpaired) electrons. The van der Waals surface area contributed by atoms with Crippen LogP contribution in [0.2, 0.25) is 5.02 Å². The summed E-state index contributed by atoms with van der Waals surface area (Å²) in [6.07, 6.45) is -1.27. The standard InChI is InChI=1S/C19H14BrClF2N4O5/c20-11-1-2-17(15(21)5-11)32-10-26-4-3-16(25-26)19(28)24-12-6-13(27(29)30)8-14(7-12)31-9-18(22)23/h1-8,18H,9-10H2,(H,24,28). The number of nitrogens with one attached hydrogen (secondary N) is 1. The van der Waals surface area contributed by atoms with E-state index in [1.807, 2.05) is 0 Å². The Morgan fingerprint density at radius 2 is 2.03 bits per heavy atom. The molecule has 168 valence electrons. The molecule has 0 aliphatic rings. The molecule has 0 aliphatic carbocycles. The number of carbonyl (C=O) groups is 1.